The number of ether oxygens (including phenoxy) is 1. The van der Waals surface area contributed by atoms with Crippen molar-refractivity contribution in [1.82, 2.24) is 15.1 Å². The lowest BCUT2D eigenvalue weighted by molar-refractivity contribution is 0.0944. The molecule has 1 aromatic carbocycles. The Kier molecular flexibility index (Phi) is 6.16. The summed E-state index contributed by atoms with van der Waals surface area (Å²) in [7, 11) is 1.54. The number of anilines is 1. The largest absolute Gasteiger partial charge is 0.497 e. The summed E-state index contributed by atoms with van der Waals surface area (Å²) in [5.74, 6) is 0.285. The van der Waals surface area contributed by atoms with Crippen LogP contribution in [0, 0.1) is 5.92 Å². The van der Waals surface area contributed by atoms with Gasteiger partial charge in [-0.3, -0.25) is 14.3 Å². The quantitative estimate of drug-likeness (QED) is 0.808. The zero-order chi connectivity index (χ0) is 18.4. The minimum absolute atomic E-state index is 0.207. The van der Waals surface area contributed by atoms with E-state index in [1.165, 1.54) is 0 Å². The molecule has 0 spiro atoms. The molecule has 0 unspecified atom stereocenters. The number of nitrogens with zero attached hydrogens (tertiary/aromatic N) is 2. The number of amides is 2. The molecule has 0 saturated carbocycles. The summed E-state index contributed by atoms with van der Waals surface area (Å²) in [6, 6.07) is 6.81. The summed E-state index contributed by atoms with van der Waals surface area (Å²) in [4.78, 5) is 24.8. The third-order valence-electron chi connectivity index (χ3n) is 3.55. The highest BCUT2D eigenvalue weighted by molar-refractivity contribution is 6.08. The van der Waals surface area contributed by atoms with Gasteiger partial charge in [0.1, 0.15) is 5.75 Å². The maximum Gasteiger partial charge on any atom is 0.273 e. The smallest absolute Gasteiger partial charge is 0.273 e. The maximum atomic E-state index is 12.5. The zero-order valence-corrected chi connectivity index (χ0v) is 15.0. The number of benzene rings is 1. The highest BCUT2D eigenvalue weighted by Crippen LogP contribution is 2.18. The van der Waals surface area contributed by atoms with Gasteiger partial charge in [0.25, 0.3) is 11.8 Å². The molecule has 1 heterocycles. The molecule has 0 saturated heterocycles. The second kappa shape index (κ2) is 8.32. The first-order valence-corrected chi connectivity index (χ1v) is 8.25. The van der Waals surface area contributed by atoms with Crippen LogP contribution in [0.1, 0.15) is 41.6 Å². The van der Waals surface area contributed by atoms with E-state index in [9.17, 15) is 9.59 Å². The number of methoxy groups -OCH3 is 1. The number of carbonyl (C=O) groups excluding carboxylic acids is 2. The number of carbonyl (C=O) groups is 2. The first-order valence-electron chi connectivity index (χ1n) is 8.25. The van der Waals surface area contributed by atoms with Gasteiger partial charge in [0.05, 0.1) is 12.8 Å². The molecule has 7 heteroatoms. The summed E-state index contributed by atoms with van der Waals surface area (Å²) in [5, 5.41) is 9.84. The molecule has 0 bridgehead atoms. The van der Waals surface area contributed by atoms with Gasteiger partial charge in [0.2, 0.25) is 0 Å². The van der Waals surface area contributed by atoms with Crippen molar-refractivity contribution < 1.29 is 14.3 Å². The van der Waals surface area contributed by atoms with Gasteiger partial charge in [-0.2, -0.15) is 5.10 Å². The van der Waals surface area contributed by atoms with Crippen LogP contribution in [-0.2, 0) is 6.54 Å². The van der Waals surface area contributed by atoms with E-state index in [2.05, 4.69) is 15.7 Å². The Bertz CT molecular complexity index is 753. The van der Waals surface area contributed by atoms with Crippen molar-refractivity contribution >= 4 is 17.5 Å². The Morgan fingerprint density at radius 3 is 2.68 bits per heavy atom. The molecule has 0 atom stereocenters. The van der Waals surface area contributed by atoms with Crippen molar-refractivity contribution in [2.45, 2.75) is 27.3 Å². The van der Waals surface area contributed by atoms with Gasteiger partial charge in [-0.25, -0.2) is 0 Å². The van der Waals surface area contributed by atoms with Crippen LogP contribution in [0.3, 0.4) is 0 Å². The molecule has 25 heavy (non-hydrogen) atoms. The fourth-order valence-electron chi connectivity index (χ4n) is 2.18. The van der Waals surface area contributed by atoms with E-state index in [-0.39, 0.29) is 17.5 Å². The van der Waals surface area contributed by atoms with Crippen LogP contribution in [0.5, 0.6) is 5.75 Å². The normalized spacial score (nSPS) is 10.6. The topological polar surface area (TPSA) is 85.2 Å². The van der Waals surface area contributed by atoms with Crippen LogP contribution in [0.2, 0.25) is 0 Å². The lowest BCUT2D eigenvalue weighted by Gasteiger charge is -2.08. The number of aromatic nitrogens is 2. The Hall–Kier alpha value is -2.83. The molecule has 0 aliphatic heterocycles. The average Bonchev–Trinajstić information content (AvgIpc) is 3.02. The number of nitrogens with one attached hydrogen (secondary N) is 2. The number of rotatable bonds is 7. The Morgan fingerprint density at radius 1 is 1.28 bits per heavy atom. The van der Waals surface area contributed by atoms with Crippen LogP contribution in [0.15, 0.2) is 30.5 Å². The number of hydrogen-bond donors (Lipinski definition) is 2. The molecule has 134 valence electrons. The van der Waals surface area contributed by atoms with E-state index in [1.807, 2.05) is 20.8 Å². The molecule has 0 aliphatic rings. The molecule has 2 aromatic rings. The summed E-state index contributed by atoms with van der Waals surface area (Å²) in [6.45, 7) is 7.07. The maximum absolute atomic E-state index is 12.5. The molecule has 0 radical (unpaired) electrons. The summed E-state index contributed by atoms with van der Waals surface area (Å²) in [5.41, 5.74) is 1.03. The van der Waals surface area contributed by atoms with E-state index >= 15 is 0 Å². The van der Waals surface area contributed by atoms with Crippen molar-refractivity contribution in [2.24, 2.45) is 5.92 Å². The molecule has 0 aliphatic carbocycles. The van der Waals surface area contributed by atoms with Gasteiger partial charge in [0, 0.05) is 24.8 Å². The van der Waals surface area contributed by atoms with E-state index in [0.29, 0.717) is 36.0 Å². The Labute approximate surface area is 147 Å². The van der Waals surface area contributed by atoms with Gasteiger partial charge in [0.15, 0.2) is 5.69 Å². The van der Waals surface area contributed by atoms with Gasteiger partial charge in [-0.05, 0) is 31.0 Å². The fraction of sp³-hybridized carbons (Fsp3) is 0.389. The standard InChI is InChI=1S/C18H24N4O3/c1-5-22-11-15(16(21-22)18(24)19-10-12(2)3)20-17(23)13-7-6-8-14(9-13)25-4/h6-9,11-12H,5,10H2,1-4H3,(H,19,24)(H,20,23). The van der Waals surface area contributed by atoms with Crippen LogP contribution in [0.4, 0.5) is 5.69 Å². The van der Waals surface area contributed by atoms with E-state index in [4.69, 9.17) is 4.74 Å². The van der Waals surface area contributed by atoms with Crippen LogP contribution >= 0.6 is 0 Å². The minimum Gasteiger partial charge on any atom is -0.497 e. The molecule has 2 amide bonds. The predicted octanol–water partition coefficient (Wildman–Crippen LogP) is 2.55. The Morgan fingerprint density at radius 2 is 2.04 bits per heavy atom. The lowest BCUT2D eigenvalue weighted by Crippen LogP contribution is -2.28. The van der Waals surface area contributed by atoms with Crippen molar-refractivity contribution in [3.63, 3.8) is 0 Å². The monoisotopic (exact) mass is 344 g/mol. The van der Waals surface area contributed by atoms with Gasteiger partial charge < -0.3 is 15.4 Å². The number of aryl methyl sites for hydroxylation is 1. The summed E-state index contributed by atoms with van der Waals surface area (Å²) < 4.78 is 6.75. The fourth-order valence-corrected chi connectivity index (χ4v) is 2.18. The Balaban J connectivity index is 2.21. The zero-order valence-electron chi connectivity index (χ0n) is 15.0. The molecule has 7 nitrogen and oxygen atoms in total. The SMILES string of the molecule is CCn1cc(NC(=O)c2cccc(OC)c2)c(C(=O)NCC(C)C)n1. The van der Waals surface area contributed by atoms with Gasteiger partial charge >= 0.3 is 0 Å². The highest BCUT2D eigenvalue weighted by Gasteiger charge is 2.19. The molecule has 2 N–H and O–H groups in total. The first kappa shape index (κ1) is 18.5. The average molecular weight is 344 g/mol. The molecule has 0 fully saturated rings. The second-order valence-electron chi connectivity index (χ2n) is 6.04. The van der Waals surface area contributed by atoms with Crippen LogP contribution in [-0.4, -0.2) is 35.2 Å². The third kappa shape index (κ3) is 4.82. The lowest BCUT2D eigenvalue weighted by atomic mass is 10.2. The molecular formula is C18H24N4O3. The molecule has 1 aromatic heterocycles. The summed E-state index contributed by atoms with van der Waals surface area (Å²) in [6.07, 6.45) is 1.66. The van der Waals surface area contributed by atoms with Gasteiger partial charge in [-0.15, -0.1) is 0 Å². The van der Waals surface area contributed by atoms with Crippen molar-refractivity contribution in [3.05, 3.63) is 41.7 Å². The van der Waals surface area contributed by atoms with Crippen molar-refractivity contribution in [3.8, 4) is 5.75 Å². The first-order chi connectivity index (χ1) is 11.9. The molecule has 2 rings (SSSR count). The van der Waals surface area contributed by atoms with E-state index < -0.39 is 0 Å². The van der Waals surface area contributed by atoms with Gasteiger partial charge in [-0.1, -0.05) is 19.9 Å². The van der Waals surface area contributed by atoms with E-state index in [1.54, 1.807) is 42.3 Å². The minimum atomic E-state index is -0.326. The highest BCUT2D eigenvalue weighted by atomic mass is 16.5. The second-order valence-corrected chi connectivity index (χ2v) is 6.04. The summed E-state index contributed by atoms with van der Waals surface area (Å²) >= 11 is 0. The number of hydrogen-bond acceptors (Lipinski definition) is 4. The molecular weight excluding hydrogens is 320 g/mol. The third-order valence-corrected chi connectivity index (χ3v) is 3.55. The van der Waals surface area contributed by atoms with E-state index in [0.717, 1.165) is 0 Å². The van der Waals surface area contributed by atoms with Crippen LogP contribution in [0.25, 0.3) is 0 Å². The predicted molar refractivity (Wildman–Crippen MR) is 96.0 cm³/mol. The van der Waals surface area contributed by atoms with Crippen molar-refractivity contribution in [1.29, 1.82) is 0 Å². The van der Waals surface area contributed by atoms with Crippen molar-refractivity contribution in [2.75, 3.05) is 19.0 Å². The van der Waals surface area contributed by atoms with Crippen LogP contribution < -0.4 is 15.4 Å².